The molecule has 1 heterocycles. The molecule has 1 aromatic heterocycles. The standard InChI is InChI=1S/C16H18N2O2/c1-4-13-17-11(3)14(16(19)20-5-2)15(18-13)12-9-7-6-8-10-12/h6-10H,4-5H2,1-3H3. The molecule has 2 aromatic rings. The molecule has 0 amide bonds. The fraction of sp³-hybridized carbons (Fsp3) is 0.312. The molecule has 0 bridgehead atoms. The highest BCUT2D eigenvalue weighted by Crippen LogP contribution is 2.24. The van der Waals surface area contributed by atoms with Crippen LogP contribution in [0.1, 0.15) is 35.7 Å². The van der Waals surface area contributed by atoms with Crippen LogP contribution in [0.4, 0.5) is 0 Å². The van der Waals surface area contributed by atoms with E-state index in [1.165, 1.54) is 0 Å². The number of carbonyl (C=O) groups is 1. The first kappa shape index (κ1) is 14.2. The third-order valence-electron chi connectivity index (χ3n) is 2.98. The van der Waals surface area contributed by atoms with Gasteiger partial charge in [-0.2, -0.15) is 0 Å². The van der Waals surface area contributed by atoms with Crippen molar-refractivity contribution in [1.82, 2.24) is 9.97 Å². The van der Waals surface area contributed by atoms with Gasteiger partial charge in [-0.3, -0.25) is 0 Å². The van der Waals surface area contributed by atoms with E-state index < -0.39 is 0 Å². The average Bonchev–Trinajstić information content (AvgIpc) is 2.47. The van der Waals surface area contributed by atoms with Gasteiger partial charge in [0.05, 0.1) is 18.0 Å². The molecule has 4 heteroatoms. The molecule has 2 rings (SSSR count). The summed E-state index contributed by atoms with van der Waals surface area (Å²) in [6.45, 7) is 5.94. The molecule has 0 aliphatic rings. The number of ether oxygens (including phenoxy) is 1. The molecule has 0 aliphatic carbocycles. The molecule has 20 heavy (non-hydrogen) atoms. The predicted molar refractivity (Wildman–Crippen MR) is 77.5 cm³/mol. The third kappa shape index (κ3) is 2.85. The molecule has 0 aliphatic heterocycles. The molecule has 0 fully saturated rings. The van der Waals surface area contributed by atoms with E-state index >= 15 is 0 Å². The zero-order valence-electron chi connectivity index (χ0n) is 12.0. The highest BCUT2D eigenvalue weighted by molar-refractivity contribution is 5.97. The summed E-state index contributed by atoms with van der Waals surface area (Å²) in [5.41, 5.74) is 2.66. The van der Waals surface area contributed by atoms with Gasteiger partial charge in [0, 0.05) is 12.0 Å². The second-order valence-corrected chi connectivity index (χ2v) is 4.39. The SMILES string of the molecule is CCOC(=O)c1c(C)nc(CC)nc1-c1ccccc1. The molecule has 0 unspecified atom stereocenters. The lowest BCUT2D eigenvalue weighted by atomic mass is 10.0. The highest BCUT2D eigenvalue weighted by Gasteiger charge is 2.20. The van der Waals surface area contributed by atoms with Gasteiger partial charge in [0.15, 0.2) is 0 Å². The Hall–Kier alpha value is -2.23. The number of aromatic nitrogens is 2. The van der Waals surface area contributed by atoms with Crippen molar-refractivity contribution in [2.24, 2.45) is 0 Å². The van der Waals surface area contributed by atoms with Crippen LogP contribution in [-0.2, 0) is 11.2 Å². The van der Waals surface area contributed by atoms with Crippen molar-refractivity contribution in [3.8, 4) is 11.3 Å². The minimum atomic E-state index is -0.369. The van der Waals surface area contributed by atoms with Gasteiger partial charge < -0.3 is 4.74 Å². The molecule has 0 radical (unpaired) electrons. The van der Waals surface area contributed by atoms with Crippen LogP contribution in [0.3, 0.4) is 0 Å². The van der Waals surface area contributed by atoms with Crippen LogP contribution in [0, 0.1) is 6.92 Å². The first-order valence-electron chi connectivity index (χ1n) is 6.77. The summed E-state index contributed by atoms with van der Waals surface area (Å²) in [4.78, 5) is 21.0. The molecule has 0 saturated heterocycles. The van der Waals surface area contributed by atoms with Gasteiger partial charge >= 0.3 is 5.97 Å². The quantitative estimate of drug-likeness (QED) is 0.801. The number of rotatable bonds is 4. The molecule has 0 spiro atoms. The molecule has 0 N–H and O–H groups in total. The lowest BCUT2D eigenvalue weighted by molar-refractivity contribution is 0.0525. The van der Waals surface area contributed by atoms with Crippen molar-refractivity contribution in [2.75, 3.05) is 6.61 Å². The van der Waals surface area contributed by atoms with Crippen molar-refractivity contribution < 1.29 is 9.53 Å². The van der Waals surface area contributed by atoms with Crippen LogP contribution >= 0.6 is 0 Å². The fourth-order valence-electron chi connectivity index (χ4n) is 2.04. The number of esters is 1. The maximum atomic E-state index is 12.2. The van der Waals surface area contributed by atoms with Crippen molar-refractivity contribution in [1.29, 1.82) is 0 Å². The normalized spacial score (nSPS) is 10.3. The number of hydrogen-bond acceptors (Lipinski definition) is 4. The van der Waals surface area contributed by atoms with E-state index in [2.05, 4.69) is 9.97 Å². The Morgan fingerprint density at radius 2 is 1.85 bits per heavy atom. The lowest BCUT2D eigenvalue weighted by Crippen LogP contribution is -2.13. The number of benzene rings is 1. The largest absolute Gasteiger partial charge is 0.462 e. The summed E-state index contributed by atoms with van der Waals surface area (Å²) in [5.74, 6) is 0.362. The monoisotopic (exact) mass is 270 g/mol. The van der Waals surface area contributed by atoms with Gasteiger partial charge in [-0.15, -0.1) is 0 Å². The van der Waals surface area contributed by atoms with Crippen molar-refractivity contribution in [3.05, 3.63) is 47.4 Å². The van der Waals surface area contributed by atoms with E-state index in [1.807, 2.05) is 44.2 Å². The van der Waals surface area contributed by atoms with Crippen LogP contribution < -0.4 is 0 Å². The van der Waals surface area contributed by atoms with Crippen LogP contribution in [0.5, 0.6) is 0 Å². The number of nitrogens with zero attached hydrogens (tertiary/aromatic N) is 2. The van der Waals surface area contributed by atoms with Gasteiger partial charge in [-0.1, -0.05) is 37.3 Å². The second kappa shape index (κ2) is 6.28. The summed E-state index contributed by atoms with van der Waals surface area (Å²) in [6.07, 6.45) is 0.726. The van der Waals surface area contributed by atoms with Crippen molar-refractivity contribution in [2.45, 2.75) is 27.2 Å². The highest BCUT2D eigenvalue weighted by atomic mass is 16.5. The van der Waals surface area contributed by atoms with Crippen LogP contribution in [0.15, 0.2) is 30.3 Å². The molecule has 0 atom stereocenters. The minimum Gasteiger partial charge on any atom is -0.462 e. The van der Waals surface area contributed by atoms with Crippen LogP contribution in [0.25, 0.3) is 11.3 Å². The van der Waals surface area contributed by atoms with Crippen molar-refractivity contribution >= 4 is 5.97 Å². The van der Waals surface area contributed by atoms with Gasteiger partial charge in [-0.05, 0) is 13.8 Å². The summed E-state index contributed by atoms with van der Waals surface area (Å²) >= 11 is 0. The van der Waals surface area contributed by atoms with Gasteiger partial charge in [0.1, 0.15) is 11.4 Å². The van der Waals surface area contributed by atoms with E-state index in [1.54, 1.807) is 6.92 Å². The Balaban J connectivity index is 2.63. The molecular weight excluding hydrogens is 252 g/mol. The zero-order valence-corrected chi connectivity index (χ0v) is 12.0. The number of aryl methyl sites for hydroxylation is 2. The van der Waals surface area contributed by atoms with E-state index in [0.717, 1.165) is 17.8 Å². The van der Waals surface area contributed by atoms with Gasteiger partial charge in [-0.25, -0.2) is 14.8 Å². The molecule has 4 nitrogen and oxygen atoms in total. The first-order valence-corrected chi connectivity index (χ1v) is 6.77. The smallest absolute Gasteiger partial charge is 0.342 e. The molecule has 1 aromatic carbocycles. The summed E-state index contributed by atoms with van der Waals surface area (Å²) < 4.78 is 5.13. The third-order valence-corrected chi connectivity index (χ3v) is 2.98. The Kier molecular flexibility index (Phi) is 4.45. The van der Waals surface area contributed by atoms with E-state index in [-0.39, 0.29) is 5.97 Å². The van der Waals surface area contributed by atoms with E-state index in [4.69, 9.17) is 4.74 Å². The van der Waals surface area contributed by atoms with E-state index in [9.17, 15) is 4.79 Å². The van der Waals surface area contributed by atoms with Crippen molar-refractivity contribution in [3.63, 3.8) is 0 Å². The Morgan fingerprint density at radius 3 is 2.45 bits per heavy atom. The zero-order chi connectivity index (χ0) is 14.5. The summed E-state index contributed by atoms with van der Waals surface area (Å²) in [5, 5.41) is 0. The predicted octanol–water partition coefficient (Wildman–Crippen LogP) is 3.19. The van der Waals surface area contributed by atoms with Crippen LogP contribution in [-0.4, -0.2) is 22.5 Å². The second-order valence-electron chi connectivity index (χ2n) is 4.39. The Morgan fingerprint density at radius 1 is 1.15 bits per heavy atom. The lowest BCUT2D eigenvalue weighted by Gasteiger charge is -2.12. The van der Waals surface area contributed by atoms with Gasteiger partial charge in [0.25, 0.3) is 0 Å². The minimum absolute atomic E-state index is 0.335. The Bertz CT molecular complexity index is 609. The summed E-state index contributed by atoms with van der Waals surface area (Å²) in [7, 11) is 0. The first-order chi connectivity index (χ1) is 9.67. The topological polar surface area (TPSA) is 52.1 Å². The fourth-order valence-corrected chi connectivity index (χ4v) is 2.04. The van der Waals surface area contributed by atoms with E-state index in [0.29, 0.717) is 23.6 Å². The summed E-state index contributed by atoms with van der Waals surface area (Å²) in [6, 6.07) is 9.65. The molecule has 0 saturated carbocycles. The molecule has 104 valence electrons. The van der Waals surface area contributed by atoms with Crippen LogP contribution in [0.2, 0.25) is 0 Å². The maximum Gasteiger partial charge on any atom is 0.342 e. The number of hydrogen-bond donors (Lipinski definition) is 0. The average molecular weight is 270 g/mol. The molecular formula is C16H18N2O2. The van der Waals surface area contributed by atoms with Gasteiger partial charge in [0.2, 0.25) is 0 Å². The Labute approximate surface area is 118 Å². The number of carbonyl (C=O) groups excluding carboxylic acids is 1. The maximum absolute atomic E-state index is 12.2.